The van der Waals surface area contributed by atoms with E-state index in [0.717, 1.165) is 18.7 Å². The van der Waals surface area contributed by atoms with Crippen molar-refractivity contribution >= 4 is 0 Å². The second-order valence-corrected chi connectivity index (χ2v) is 6.42. The number of aryl methyl sites for hydroxylation is 1. The van der Waals surface area contributed by atoms with Gasteiger partial charge in [-0.25, -0.2) is 4.39 Å². The van der Waals surface area contributed by atoms with Gasteiger partial charge in [-0.1, -0.05) is 36.4 Å². The van der Waals surface area contributed by atoms with Gasteiger partial charge in [0.2, 0.25) is 0 Å². The standard InChI is InChI=1S/C20H26FNO/c1-15(2)22(14-17-7-5-4-6-8-17)10-9-20(23)18-11-16(3)12-19(21)13-18/h4-8,11-13,15,20,23H,9-10,14H2,1-3H3. The topological polar surface area (TPSA) is 23.5 Å². The van der Waals surface area contributed by atoms with Gasteiger partial charge < -0.3 is 5.11 Å². The highest BCUT2D eigenvalue weighted by Gasteiger charge is 2.15. The van der Waals surface area contributed by atoms with Crippen molar-refractivity contribution in [1.82, 2.24) is 4.90 Å². The smallest absolute Gasteiger partial charge is 0.123 e. The fraction of sp³-hybridized carbons (Fsp3) is 0.400. The summed E-state index contributed by atoms with van der Waals surface area (Å²) in [7, 11) is 0. The van der Waals surface area contributed by atoms with E-state index in [9.17, 15) is 9.50 Å². The van der Waals surface area contributed by atoms with E-state index in [0.29, 0.717) is 18.0 Å². The molecule has 0 aromatic heterocycles. The molecule has 0 saturated carbocycles. The summed E-state index contributed by atoms with van der Waals surface area (Å²) in [4.78, 5) is 2.32. The molecule has 23 heavy (non-hydrogen) atoms. The second-order valence-electron chi connectivity index (χ2n) is 6.42. The van der Waals surface area contributed by atoms with Crippen molar-refractivity contribution in [1.29, 1.82) is 0 Å². The first-order chi connectivity index (χ1) is 11.0. The zero-order valence-corrected chi connectivity index (χ0v) is 14.2. The average Bonchev–Trinajstić information content (AvgIpc) is 2.50. The molecule has 0 heterocycles. The molecule has 3 heteroatoms. The van der Waals surface area contributed by atoms with Crippen LogP contribution in [0.2, 0.25) is 0 Å². The van der Waals surface area contributed by atoms with Crippen molar-refractivity contribution in [3.8, 4) is 0 Å². The van der Waals surface area contributed by atoms with Gasteiger partial charge in [0.25, 0.3) is 0 Å². The number of hydrogen-bond acceptors (Lipinski definition) is 2. The summed E-state index contributed by atoms with van der Waals surface area (Å²) in [6, 6.07) is 15.5. The van der Waals surface area contributed by atoms with E-state index in [1.807, 2.05) is 31.2 Å². The summed E-state index contributed by atoms with van der Waals surface area (Å²) in [5.74, 6) is -0.288. The molecule has 0 aliphatic carbocycles. The molecule has 2 rings (SSSR count). The maximum Gasteiger partial charge on any atom is 0.123 e. The normalized spacial score (nSPS) is 12.8. The van der Waals surface area contributed by atoms with Crippen molar-refractivity contribution in [2.75, 3.05) is 6.54 Å². The third-order valence-corrected chi connectivity index (χ3v) is 4.10. The maximum absolute atomic E-state index is 13.5. The lowest BCUT2D eigenvalue weighted by Crippen LogP contribution is -2.32. The molecular formula is C20H26FNO. The van der Waals surface area contributed by atoms with Crippen LogP contribution in [0.25, 0.3) is 0 Å². The van der Waals surface area contributed by atoms with E-state index < -0.39 is 6.10 Å². The van der Waals surface area contributed by atoms with Crippen molar-refractivity contribution in [2.45, 2.75) is 45.9 Å². The van der Waals surface area contributed by atoms with E-state index in [4.69, 9.17) is 0 Å². The first kappa shape index (κ1) is 17.6. The molecule has 0 radical (unpaired) electrons. The summed E-state index contributed by atoms with van der Waals surface area (Å²) in [5, 5.41) is 10.4. The predicted molar refractivity (Wildman–Crippen MR) is 92.7 cm³/mol. The molecule has 0 amide bonds. The van der Waals surface area contributed by atoms with Gasteiger partial charge in [0.1, 0.15) is 5.82 Å². The molecule has 2 aromatic carbocycles. The lowest BCUT2D eigenvalue weighted by atomic mass is 10.0. The molecule has 1 N–H and O–H groups in total. The Morgan fingerprint density at radius 3 is 2.39 bits per heavy atom. The van der Waals surface area contributed by atoms with Crippen molar-refractivity contribution in [3.63, 3.8) is 0 Å². The van der Waals surface area contributed by atoms with E-state index in [2.05, 4.69) is 30.9 Å². The minimum atomic E-state index is -0.638. The second kappa shape index (κ2) is 8.23. The van der Waals surface area contributed by atoms with Gasteiger partial charge in [0, 0.05) is 19.1 Å². The fourth-order valence-electron chi connectivity index (χ4n) is 2.75. The van der Waals surface area contributed by atoms with Crippen LogP contribution in [0.1, 0.15) is 43.1 Å². The van der Waals surface area contributed by atoms with Crippen molar-refractivity contribution in [2.24, 2.45) is 0 Å². The predicted octanol–water partition coefficient (Wildman–Crippen LogP) is 4.47. The molecule has 0 spiro atoms. The Morgan fingerprint density at radius 1 is 1.09 bits per heavy atom. The molecule has 124 valence electrons. The molecule has 0 aliphatic rings. The van der Waals surface area contributed by atoms with Gasteiger partial charge >= 0.3 is 0 Å². The Balaban J connectivity index is 1.98. The van der Waals surface area contributed by atoms with Crippen LogP contribution in [0.5, 0.6) is 0 Å². The molecule has 0 fully saturated rings. The van der Waals surface area contributed by atoms with Crippen LogP contribution in [0.4, 0.5) is 4.39 Å². The zero-order chi connectivity index (χ0) is 16.8. The Morgan fingerprint density at radius 2 is 1.78 bits per heavy atom. The fourth-order valence-corrected chi connectivity index (χ4v) is 2.75. The summed E-state index contributed by atoms with van der Waals surface area (Å²) in [6.07, 6.45) is -0.0464. The minimum absolute atomic E-state index is 0.288. The highest BCUT2D eigenvalue weighted by atomic mass is 19.1. The van der Waals surface area contributed by atoms with Gasteiger partial charge in [-0.2, -0.15) is 0 Å². The highest BCUT2D eigenvalue weighted by molar-refractivity contribution is 5.25. The van der Waals surface area contributed by atoms with Crippen LogP contribution in [0, 0.1) is 12.7 Å². The van der Waals surface area contributed by atoms with Crippen molar-refractivity contribution < 1.29 is 9.50 Å². The lowest BCUT2D eigenvalue weighted by molar-refractivity contribution is 0.126. The van der Waals surface area contributed by atoms with E-state index in [1.54, 1.807) is 0 Å². The van der Waals surface area contributed by atoms with E-state index in [-0.39, 0.29) is 5.82 Å². The monoisotopic (exact) mass is 315 g/mol. The molecule has 0 saturated heterocycles. The number of benzene rings is 2. The number of hydrogen-bond donors (Lipinski definition) is 1. The molecule has 1 unspecified atom stereocenters. The number of aliphatic hydroxyl groups excluding tert-OH is 1. The molecule has 0 aliphatic heterocycles. The van der Waals surface area contributed by atoms with Crippen LogP contribution in [-0.4, -0.2) is 22.6 Å². The Labute approximate surface area is 138 Å². The zero-order valence-electron chi connectivity index (χ0n) is 14.2. The Hall–Kier alpha value is -1.71. The number of halogens is 1. The first-order valence-electron chi connectivity index (χ1n) is 8.19. The SMILES string of the molecule is Cc1cc(F)cc(C(O)CCN(Cc2ccccc2)C(C)C)c1. The minimum Gasteiger partial charge on any atom is -0.388 e. The molecule has 1 atom stereocenters. The van der Waals surface area contributed by atoms with Crippen LogP contribution in [0.3, 0.4) is 0 Å². The summed E-state index contributed by atoms with van der Waals surface area (Å²) >= 11 is 0. The number of aliphatic hydroxyl groups is 1. The molecule has 2 aromatic rings. The molecule has 0 bridgehead atoms. The average molecular weight is 315 g/mol. The molecule has 2 nitrogen and oxygen atoms in total. The van der Waals surface area contributed by atoms with Crippen LogP contribution < -0.4 is 0 Å². The number of nitrogens with zero attached hydrogens (tertiary/aromatic N) is 1. The third-order valence-electron chi connectivity index (χ3n) is 4.10. The largest absolute Gasteiger partial charge is 0.388 e. The summed E-state index contributed by atoms with van der Waals surface area (Å²) < 4.78 is 13.5. The lowest BCUT2D eigenvalue weighted by Gasteiger charge is -2.27. The van der Waals surface area contributed by atoms with Gasteiger partial charge in [-0.15, -0.1) is 0 Å². The van der Waals surface area contributed by atoms with Crippen molar-refractivity contribution in [3.05, 3.63) is 71.0 Å². The maximum atomic E-state index is 13.5. The van der Waals surface area contributed by atoms with Gasteiger partial charge in [-0.05, 0) is 56.0 Å². The quantitative estimate of drug-likeness (QED) is 0.815. The molecular weight excluding hydrogens is 289 g/mol. The Kier molecular flexibility index (Phi) is 6.31. The summed E-state index contributed by atoms with van der Waals surface area (Å²) in [5.41, 5.74) is 2.76. The first-order valence-corrected chi connectivity index (χ1v) is 8.19. The van der Waals surface area contributed by atoms with Gasteiger partial charge in [0.05, 0.1) is 6.10 Å². The third kappa shape index (κ3) is 5.45. The van der Waals surface area contributed by atoms with Crippen LogP contribution in [0.15, 0.2) is 48.5 Å². The van der Waals surface area contributed by atoms with Gasteiger partial charge in [-0.3, -0.25) is 4.90 Å². The number of rotatable bonds is 7. The highest BCUT2D eigenvalue weighted by Crippen LogP contribution is 2.21. The van der Waals surface area contributed by atoms with E-state index >= 15 is 0 Å². The van der Waals surface area contributed by atoms with Gasteiger partial charge in [0.15, 0.2) is 0 Å². The summed E-state index contributed by atoms with van der Waals surface area (Å²) in [6.45, 7) is 7.77. The Bertz CT molecular complexity index is 592. The van der Waals surface area contributed by atoms with Crippen LogP contribution in [-0.2, 0) is 6.54 Å². The van der Waals surface area contributed by atoms with Crippen LogP contribution >= 0.6 is 0 Å². The van der Waals surface area contributed by atoms with E-state index in [1.165, 1.54) is 17.7 Å².